The Bertz CT molecular complexity index is 466. The summed E-state index contributed by atoms with van der Waals surface area (Å²) in [6, 6.07) is 4.84. The van der Waals surface area contributed by atoms with Crippen molar-refractivity contribution in [3.05, 3.63) is 28.8 Å². The normalized spacial score (nSPS) is 18.7. The Kier molecular flexibility index (Phi) is 3.48. The zero-order valence-corrected chi connectivity index (χ0v) is 10.9. The largest absolute Gasteiger partial charge is 0.478 e. The molecule has 18 heavy (non-hydrogen) atoms. The van der Waals surface area contributed by atoms with Crippen LogP contribution in [0, 0.1) is 0 Å². The molecule has 0 spiro atoms. The van der Waals surface area contributed by atoms with E-state index >= 15 is 0 Å². The summed E-state index contributed by atoms with van der Waals surface area (Å²) in [6.45, 7) is 2.86. The number of anilines is 1. The first kappa shape index (κ1) is 13.1. The van der Waals surface area contributed by atoms with E-state index in [-0.39, 0.29) is 10.6 Å². The highest BCUT2D eigenvalue weighted by molar-refractivity contribution is 6.33. The molecule has 0 unspecified atom stereocenters. The number of nitrogens with zero attached hydrogens (tertiary/aromatic N) is 1. The molecule has 1 N–H and O–H groups in total. The van der Waals surface area contributed by atoms with E-state index in [4.69, 9.17) is 16.7 Å². The van der Waals surface area contributed by atoms with Gasteiger partial charge in [0.15, 0.2) is 0 Å². The molecule has 1 heterocycles. The van der Waals surface area contributed by atoms with Crippen LogP contribution in [0.15, 0.2) is 18.2 Å². The molecule has 0 aliphatic carbocycles. The van der Waals surface area contributed by atoms with Gasteiger partial charge in [-0.25, -0.2) is 9.18 Å². The van der Waals surface area contributed by atoms with Crippen LogP contribution in [0.1, 0.15) is 30.1 Å². The molecule has 1 fully saturated rings. The molecular weight excluding hydrogens is 257 g/mol. The summed E-state index contributed by atoms with van der Waals surface area (Å²) < 4.78 is 13.7. The van der Waals surface area contributed by atoms with E-state index in [1.165, 1.54) is 6.07 Å². The van der Waals surface area contributed by atoms with E-state index in [1.807, 2.05) is 4.90 Å². The molecule has 1 aromatic carbocycles. The van der Waals surface area contributed by atoms with Gasteiger partial charge in [0.2, 0.25) is 0 Å². The second-order valence-corrected chi connectivity index (χ2v) is 5.28. The average molecular weight is 272 g/mol. The van der Waals surface area contributed by atoms with E-state index < -0.39 is 11.6 Å². The lowest BCUT2D eigenvalue weighted by Gasteiger charge is -2.35. The SMILES string of the molecule is CC1(F)CCN(c2ccc(C(=O)O)c(Cl)c2)CC1. The van der Waals surface area contributed by atoms with Gasteiger partial charge in [-0.15, -0.1) is 0 Å². The Morgan fingerprint density at radius 3 is 2.56 bits per heavy atom. The van der Waals surface area contributed by atoms with E-state index in [1.54, 1.807) is 19.1 Å². The van der Waals surface area contributed by atoms with E-state index in [0.717, 1.165) is 5.69 Å². The molecule has 0 radical (unpaired) electrons. The van der Waals surface area contributed by atoms with Crippen LogP contribution in [-0.4, -0.2) is 29.8 Å². The van der Waals surface area contributed by atoms with E-state index in [2.05, 4.69) is 0 Å². The zero-order chi connectivity index (χ0) is 13.3. The lowest BCUT2D eigenvalue weighted by atomic mass is 9.95. The Balaban J connectivity index is 2.16. The minimum absolute atomic E-state index is 0.0905. The molecule has 1 aromatic rings. The second-order valence-electron chi connectivity index (χ2n) is 4.87. The Morgan fingerprint density at radius 2 is 2.06 bits per heavy atom. The first-order valence-corrected chi connectivity index (χ1v) is 6.23. The van der Waals surface area contributed by atoms with Gasteiger partial charge in [-0.3, -0.25) is 0 Å². The summed E-state index contributed by atoms with van der Waals surface area (Å²) in [6.07, 6.45) is 0.955. The highest BCUT2D eigenvalue weighted by Crippen LogP contribution is 2.30. The van der Waals surface area contributed by atoms with Gasteiger partial charge in [0.05, 0.1) is 10.6 Å². The molecule has 0 aromatic heterocycles. The third-order valence-electron chi connectivity index (χ3n) is 3.35. The van der Waals surface area contributed by atoms with Gasteiger partial charge in [0, 0.05) is 18.8 Å². The molecule has 1 aliphatic heterocycles. The van der Waals surface area contributed by atoms with Crippen molar-refractivity contribution >= 4 is 23.3 Å². The molecule has 0 saturated carbocycles. The minimum atomic E-state index is -1.10. The van der Waals surface area contributed by atoms with Crippen LogP contribution in [0.25, 0.3) is 0 Å². The van der Waals surface area contributed by atoms with Gasteiger partial charge < -0.3 is 10.0 Å². The molecule has 1 saturated heterocycles. The number of piperidine rings is 1. The number of halogens is 2. The lowest BCUT2D eigenvalue weighted by Crippen LogP contribution is -2.40. The predicted octanol–water partition coefficient (Wildman–Crippen LogP) is 3.37. The molecule has 98 valence electrons. The highest BCUT2D eigenvalue weighted by Gasteiger charge is 2.29. The van der Waals surface area contributed by atoms with Crippen molar-refractivity contribution in [1.82, 2.24) is 0 Å². The van der Waals surface area contributed by atoms with Crippen LogP contribution in [0.2, 0.25) is 5.02 Å². The molecule has 0 bridgehead atoms. The number of aromatic carboxylic acids is 1. The van der Waals surface area contributed by atoms with Crippen molar-refractivity contribution in [3.8, 4) is 0 Å². The summed E-state index contributed by atoms with van der Waals surface area (Å²) in [7, 11) is 0. The monoisotopic (exact) mass is 271 g/mol. The number of benzene rings is 1. The fourth-order valence-electron chi connectivity index (χ4n) is 2.11. The molecule has 3 nitrogen and oxygen atoms in total. The van der Waals surface area contributed by atoms with E-state index in [9.17, 15) is 9.18 Å². The summed E-state index contributed by atoms with van der Waals surface area (Å²) in [4.78, 5) is 12.9. The number of carboxylic acids is 1. The fraction of sp³-hybridized carbons (Fsp3) is 0.462. The molecule has 0 atom stereocenters. The number of hydrogen-bond acceptors (Lipinski definition) is 2. The zero-order valence-electron chi connectivity index (χ0n) is 10.1. The maximum Gasteiger partial charge on any atom is 0.337 e. The topological polar surface area (TPSA) is 40.5 Å². The molecule has 1 aliphatic rings. The van der Waals surface area contributed by atoms with Crippen LogP contribution in [0.4, 0.5) is 10.1 Å². The molecule has 5 heteroatoms. The van der Waals surface area contributed by atoms with Crippen LogP contribution in [0.5, 0.6) is 0 Å². The van der Waals surface area contributed by atoms with Gasteiger partial charge in [-0.1, -0.05) is 11.6 Å². The average Bonchev–Trinajstić information content (AvgIpc) is 2.28. The summed E-state index contributed by atoms with van der Waals surface area (Å²) in [5, 5.41) is 9.10. The van der Waals surface area contributed by atoms with Gasteiger partial charge in [0.1, 0.15) is 5.67 Å². The molecule has 0 amide bonds. The standard InChI is InChI=1S/C13H15ClFNO2/c1-13(15)4-6-16(7-5-13)9-2-3-10(12(17)18)11(14)8-9/h2-3,8H,4-7H2,1H3,(H,17,18). The lowest BCUT2D eigenvalue weighted by molar-refractivity contribution is 0.0697. The Morgan fingerprint density at radius 1 is 1.44 bits per heavy atom. The van der Waals surface area contributed by atoms with E-state index in [0.29, 0.717) is 25.9 Å². The second kappa shape index (κ2) is 4.76. The van der Waals surface area contributed by atoms with Crippen molar-refractivity contribution in [2.45, 2.75) is 25.4 Å². The van der Waals surface area contributed by atoms with Crippen molar-refractivity contribution < 1.29 is 14.3 Å². The van der Waals surface area contributed by atoms with Crippen molar-refractivity contribution in [3.63, 3.8) is 0 Å². The van der Waals surface area contributed by atoms with Crippen LogP contribution in [0.3, 0.4) is 0 Å². The van der Waals surface area contributed by atoms with Gasteiger partial charge in [-0.2, -0.15) is 0 Å². The maximum atomic E-state index is 13.7. The minimum Gasteiger partial charge on any atom is -0.478 e. The number of hydrogen-bond donors (Lipinski definition) is 1. The van der Waals surface area contributed by atoms with Crippen molar-refractivity contribution in [1.29, 1.82) is 0 Å². The van der Waals surface area contributed by atoms with Gasteiger partial charge in [-0.05, 0) is 38.0 Å². The third kappa shape index (κ3) is 2.75. The number of carboxylic acid groups (broad SMARTS) is 1. The van der Waals surface area contributed by atoms with Gasteiger partial charge in [0.25, 0.3) is 0 Å². The predicted molar refractivity (Wildman–Crippen MR) is 69.4 cm³/mol. The highest BCUT2D eigenvalue weighted by atomic mass is 35.5. The molecule has 2 rings (SSSR count). The maximum absolute atomic E-state index is 13.7. The van der Waals surface area contributed by atoms with Crippen LogP contribution < -0.4 is 4.90 Å². The Hall–Kier alpha value is -1.29. The number of alkyl halides is 1. The van der Waals surface area contributed by atoms with Crippen molar-refractivity contribution in [2.24, 2.45) is 0 Å². The first-order chi connectivity index (χ1) is 8.39. The van der Waals surface area contributed by atoms with Crippen molar-refractivity contribution in [2.75, 3.05) is 18.0 Å². The quantitative estimate of drug-likeness (QED) is 0.897. The third-order valence-corrected chi connectivity index (χ3v) is 3.67. The van der Waals surface area contributed by atoms with Crippen LogP contribution >= 0.6 is 11.6 Å². The van der Waals surface area contributed by atoms with Crippen LogP contribution in [-0.2, 0) is 0 Å². The number of rotatable bonds is 2. The molecular formula is C13H15ClFNO2. The summed E-state index contributed by atoms with van der Waals surface area (Å²) >= 11 is 5.92. The summed E-state index contributed by atoms with van der Waals surface area (Å²) in [5.41, 5.74) is -0.158. The fourth-order valence-corrected chi connectivity index (χ4v) is 2.36. The summed E-state index contributed by atoms with van der Waals surface area (Å²) in [5.74, 6) is -1.04. The Labute approximate surface area is 110 Å². The smallest absolute Gasteiger partial charge is 0.337 e. The number of carbonyl (C=O) groups is 1. The first-order valence-electron chi connectivity index (χ1n) is 5.86. The van der Waals surface area contributed by atoms with Gasteiger partial charge >= 0.3 is 5.97 Å².